The van der Waals surface area contributed by atoms with Crippen molar-refractivity contribution in [1.29, 1.82) is 0 Å². The van der Waals surface area contributed by atoms with Gasteiger partial charge in [0.2, 0.25) is 0 Å². The number of fused-ring (bicyclic) bond motifs is 7. The minimum atomic E-state index is 0. The molecule has 4 heterocycles. The van der Waals surface area contributed by atoms with Crippen LogP contribution in [0.4, 0.5) is 17.1 Å². The van der Waals surface area contributed by atoms with Gasteiger partial charge in [-0.3, -0.25) is 0 Å². The molecule has 56 heavy (non-hydrogen) atoms. The van der Waals surface area contributed by atoms with Crippen molar-refractivity contribution in [3.63, 3.8) is 0 Å². The number of nitrogens with zero attached hydrogens (tertiary/aromatic N) is 5. The Morgan fingerprint density at radius 3 is 2.12 bits per heavy atom. The summed E-state index contributed by atoms with van der Waals surface area (Å²) in [6, 6.07) is 64.1. The van der Waals surface area contributed by atoms with E-state index in [9.17, 15) is 0 Å². The topological polar surface area (TPSA) is 38.5 Å². The van der Waals surface area contributed by atoms with Gasteiger partial charge in [0.1, 0.15) is 5.82 Å². The van der Waals surface area contributed by atoms with Gasteiger partial charge in [-0.05, 0) is 60.0 Å². The molecule has 11 rings (SSSR count). The molecule has 0 unspecified atom stereocenters. The maximum absolute atomic E-state index is 6.57. The summed E-state index contributed by atoms with van der Waals surface area (Å²) in [5, 5.41) is 4.44. The van der Waals surface area contributed by atoms with Crippen molar-refractivity contribution >= 4 is 60.7 Å². The fraction of sp³-hybridized carbons (Fsp3) is 0.0204. The SMILES string of the molecule is CN1[CH-]N(c2[c-]c(Oc3[c-]c4c(cc3)c3cc(-c5ccccc5)ccc3n4-c3cc4c(cn3)c3ccccc3n4-c3ccccc3)ccc2)c2ccccc21.[Pt]. The van der Waals surface area contributed by atoms with Crippen molar-refractivity contribution in [2.45, 2.75) is 0 Å². The number of hydrogen-bond donors (Lipinski definition) is 0. The zero-order valence-corrected chi connectivity index (χ0v) is 32.5. The van der Waals surface area contributed by atoms with Crippen molar-refractivity contribution in [3.8, 4) is 34.1 Å². The molecule has 0 atom stereocenters. The molecule has 0 spiro atoms. The van der Waals surface area contributed by atoms with Crippen LogP contribution in [0.15, 0.2) is 170 Å². The van der Waals surface area contributed by atoms with Crippen LogP contribution in [0.3, 0.4) is 0 Å². The Kier molecular flexibility index (Phi) is 8.23. The zero-order valence-electron chi connectivity index (χ0n) is 30.2. The van der Waals surface area contributed by atoms with Crippen molar-refractivity contribution in [2.24, 2.45) is 0 Å². The van der Waals surface area contributed by atoms with Crippen LogP contribution in [-0.4, -0.2) is 21.2 Å². The van der Waals surface area contributed by atoms with Crippen LogP contribution in [0.5, 0.6) is 11.5 Å². The van der Waals surface area contributed by atoms with Gasteiger partial charge in [-0.25, -0.2) is 4.98 Å². The summed E-state index contributed by atoms with van der Waals surface area (Å²) in [6.07, 6.45) is 2.01. The van der Waals surface area contributed by atoms with E-state index in [0.717, 1.165) is 77.7 Å². The van der Waals surface area contributed by atoms with Gasteiger partial charge in [-0.2, -0.15) is 18.8 Å². The van der Waals surface area contributed by atoms with Crippen molar-refractivity contribution in [2.75, 3.05) is 16.8 Å². The smallest absolute Gasteiger partial charge is 0.137 e. The monoisotopic (exact) mass is 901 g/mol. The van der Waals surface area contributed by atoms with Crippen LogP contribution >= 0.6 is 0 Å². The maximum Gasteiger partial charge on any atom is 0.137 e. The van der Waals surface area contributed by atoms with E-state index >= 15 is 0 Å². The molecule has 1 aliphatic rings. The van der Waals surface area contributed by atoms with Crippen LogP contribution in [-0.2, 0) is 21.1 Å². The molecule has 0 saturated heterocycles. The number of benzene rings is 7. The zero-order chi connectivity index (χ0) is 36.5. The summed E-state index contributed by atoms with van der Waals surface area (Å²) in [6.45, 7) is 2.07. The van der Waals surface area contributed by atoms with E-state index in [4.69, 9.17) is 9.72 Å². The second-order valence-corrected chi connectivity index (χ2v) is 13.9. The molecule has 0 bridgehead atoms. The van der Waals surface area contributed by atoms with Gasteiger partial charge in [-0.15, -0.1) is 41.4 Å². The van der Waals surface area contributed by atoms with E-state index in [1.807, 2.05) is 30.5 Å². The first-order valence-electron chi connectivity index (χ1n) is 18.4. The van der Waals surface area contributed by atoms with Crippen molar-refractivity contribution < 1.29 is 25.8 Å². The van der Waals surface area contributed by atoms with Crippen LogP contribution in [0.2, 0.25) is 0 Å². The first kappa shape index (κ1) is 33.9. The third-order valence-electron chi connectivity index (χ3n) is 10.6. The number of rotatable bonds is 6. The fourth-order valence-electron chi connectivity index (χ4n) is 8.07. The van der Waals surface area contributed by atoms with Crippen molar-refractivity contribution in [3.05, 3.63) is 189 Å². The number of ether oxygens (including phenoxy) is 1. The first-order valence-corrected chi connectivity index (χ1v) is 18.4. The predicted octanol–water partition coefficient (Wildman–Crippen LogP) is 12.0. The Morgan fingerprint density at radius 1 is 0.536 bits per heavy atom. The molecule has 0 N–H and O–H groups in total. The van der Waals surface area contributed by atoms with Gasteiger partial charge < -0.3 is 23.7 Å². The Hall–Kier alpha value is -6.62. The van der Waals surface area contributed by atoms with Gasteiger partial charge in [0.15, 0.2) is 0 Å². The van der Waals surface area contributed by atoms with Gasteiger partial charge in [0, 0.05) is 78.2 Å². The van der Waals surface area contributed by atoms with Crippen LogP contribution in [0.1, 0.15) is 0 Å². The summed E-state index contributed by atoms with van der Waals surface area (Å²) in [5.74, 6) is 2.00. The Labute approximate surface area is 338 Å². The third kappa shape index (κ3) is 5.48. The molecule has 0 saturated carbocycles. The fourth-order valence-corrected chi connectivity index (χ4v) is 8.07. The number of anilines is 3. The predicted molar refractivity (Wildman–Crippen MR) is 224 cm³/mol. The van der Waals surface area contributed by atoms with Gasteiger partial charge >= 0.3 is 0 Å². The van der Waals surface area contributed by atoms with Crippen molar-refractivity contribution in [1.82, 2.24) is 14.1 Å². The molecule has 0 fully saturated rings. The van der Waals surface area contributed by atoms with Gasteiger partial charge in [0.25, 0.3) is 0 Å². The van der Waals surface area contributed by atoms with Gasteiger partial charge in [-0.1, -0.05) is 96.5 Å². The second kappa shape index (κ2) is 13.6. The number of pyridine rings is 1. The molecule has 3 aromatic heterocycles. The quantitative estimate of drug-likeness (QED) is 0.156. The van der Waals surface area contributed by atoms with E-state index in [2.05, 4.69) is 184 Å². The summed E-state index contributed by atoms with van der Waals surface area (Å²) in [7, 11) is 2.05. The van der Waals surface area contributed by atoms with Crippen LogP contribution in [0.25, 0.3) is 66.2 Å². The van der Waals surface area contributed by atoms with E-state index in [-0.39, 0.29) is 21.1 Å². The molecule has 7 heteroatoms. The van der Waals surface area contributed by atoms with E-state index < -0.39 is 0 Å². The van der Waals surface area contributed by atoms with Crippen LogP contribution in [0, 0.1) is 18.8 Å². The Bertz CT molecular complexity index is 3080. The summed E-state index contributed by atoms with van der Waals surface area (Å²) in [4.78, 5) is 9.40. The number of aromatic nitrogens is 3. The molecule has 0 aliphatic carbocycles. The Morgan fingerprint density at radius 2 is 1.27 bits per heavy atom. The number of hydrogen-bond acceptors (Lipinski definition) is 4. The molecule has 0 radical (unpaired) electrons. The third-order valence-corrected chi connectivity index (χ3v) is 10.6. The maximum atomic E-state index is 6.57. The molecule has 6 nitrogen and oxygen atoms in total. The molecule has 10 aromatic rings. The minimum absolute atomic E-state index is 0. The standard InChI is InChI=1S/C49H32N5O.Pt/c1-51-32-52(46-22-11-10-21-45(46)51)36-17-12-18-37(28-36)55-38-24-25-40-41-27-34(33-13-4-2-5-14-33)23-26-44(41)54(47(40)29-38)49-30-48-42(31-50-49)39-19-8-9-20-43(39)53(48)35-15-6-3-7-16-35;/h2-27,30-32H,1H3;/q-3;. The molecule has 272 valence electrons. The normalized spacial score (nSPS) is 12.4. The summed E-state index contributed by atoms with van der Waals surface area (Å²) < 4.78 is 11.1. The van der Waals surface area contributed by atoms with Crippen LogP contribution < -0.4 is 14.5 Å². The van der Waals surface area contributed by atoms with E-state index in [0.29, 0.717) is 11.5 Å². The summed E-state index contributed by atoms with van der Waals surface area (Å²) >= 11 is 0. The molecular weight excluding hydrogens is 870 g/mol. The molecule has 1 aliphatic heterocycles. The largest absolute Gasteiger partial charge is 0.509 e. The van der Waals surface area contributed by atoms with Gasteiger partial charge in [0.05, 0.1) is 11.0 Å². The second-order valence-electron chi connectivity index (χ2n) is 13.9. The first-order chi connectivity index (χ1) is 27.2. The number of para-hydroxylation sites is 4. The average Bonchev–Trinajstić information content (AvgIpc) is 3.88. The van der Waals surface area contributed by atoms with E-state index in [1.54, 1.807) is 0 Å². The Balaban J connectivity index is 0.00000384. The molecule has 7 aromatic carbocycles. The molecule has 0 amide bonds. The average molecular weight is 902 g/mol. The summed E-state index contributed by atoms with van der Waals surface area (Å²) in [5.41, 5.74) is 10.7. The van der Waals surface area contributed by atoms with E-state index in [1.165, 1.54) is 5.56 Å². The molecular formula is C49H32N5OPt-3. The minimum Gasteiger partial charge on any atom is -0.509 e.